The van der Waals surface area contributed by atoms with E-state index in [9.17, 15) is 0 Å². The largest absolute Gasteiger partial charge is 0.338 e. The second-order valence-electron chi connectivity index (χ2n) is 4.69. The third kappa shape index (κ3) is 5.51. The van der Waals surface area contributed by atoms with E-state index < -0.39 is 0 Å². The Kier molecular flexibility index (Phi) is 5.28. The van der Waals surface area contributed by atoms with Crippen LogP contribution in [0.5, 0.6) is 0 Å². The second kappa shape index (κ2) is 6.25. The number of aromatic nitrogens is 2. The normalized spacial score (nSPS) is 12.0. The maximum atomic E-state index is 5.88. The topological polar surface area (TPSA) is 64.9 Å². The van der Waals surface area contributed by atoms with Gasteiger partial charge in [0.05, 0.1) is 5.75 Å². The van der Waals surface area contributed by atoms with Crippen molar-refractivity contribution in [1.29, 1.82) is 0 Å². The fraction of sp³-hybridized carbons (Fsp3) is 0.818. The van der Waals surface area contributed by atoms with E-state index in [1.54, 1.807) is 11.8 Å². The second-order valence-corrected chi connectivity index (χ2v) is 5.67. The zero-order valence-corrected chi connectivity index (χ0v) is 11.1. The number of hydrogen-bond acceptors (Lipinski definition) is 5. The smallest absolute Gasteiger partial charge is 0.236 e. The number of nitrogens with zero attached hydrogens (tertiary/aromatic N) is 2. The molecule has 2 N–H and O–H groups in total. The highest BCUT2D eigenvalue weighted by Crippen LogP contribution is 2.15. The van der Waals surface area contributed by atoms with Gasteiger partial charge in [-0.1, -0.05) is 18.5 Å². The molecule has 4 nitrogen and oxygen atoms in total. The molecule has 0 spiro atoms. The van der Waals surface area contributed by atoms with Crippen LogP contribution in [-0.4, -0.2) is 21.4 Å². The minimum absolute atomic E-state index is 0.143. The highest BCUT2D eigenvalue weighted by atomic mass is 32.2. The summed E-state index contributed by atoms with van der Waals surface area (Å²) in [7, 11) is 0. The average molecular weight is 243 g/mol. The van der Waals surface area contributed by atoms with Gasteiger partial charge in [0.25, 0.3) is 0 Å². The molecule has 0 bridgehead atoms. The Morgan fingerprint density at radius 1 is 1.44 bits per heavy atom. The third-order valence-corrected chi connectivity index (χ3v) is 3.36. The summed E-state index contributed by atoms with van der Waals surface area (Å²) in [5.74, 6) is 3.17. The van der Waals surface area contributed by atoms with E-state index in [2.05, 4.69) is 17.1 Å². The van der Waals surface area contributed by atoms with Gasteiger partial charge in [-0.3, -0.25) is 0 Å². The Labute approximate surface area is 101 Å². The van der Waals surface area contributed by atoms with Crippen LogP contribution in [0.4, 0.5) is 0 Å². The number of thioether (sulfide) groups is 1. The van der Waals surface area contributed by atoms with Crippen LogP contribution in [0.2, 0.25) is 0 Å². The molecule has 92 valence electrons. The molecule has 0 aromatic carbocycles. The minimum atomic E-state index is -0.143. The summed E-state index contributed by atoms with van der Waals surface area (Å²) >= 11 is 1.73. The predicted molar refractivity (Wildman–Crippen MR) is 67.3 cm³/mol. The molecule has 0 saturated heterocycles. The van der Waals surface area contributed by atoms with E-state index in [1.165, 1.54) is 0 Å². The Morgan fingerprint density at radius 3 is 2.81 bits per heavy atom. The van der Waals surface area contributed by atoms with Gasteiger partial charge in [0.2, 0.25) is 5.89 Å². The summed E-state index contributed by atoms with van der Waals surface area (Å²) < 4.78 is 5.15. The quantitative estimate of drug-likeness (QED) is 0.796. The number of unbranched alkanes of at least 4 members (excludes halogenated alkanes) is 1. The lowest BCUT2D eigenvalue weighted by atomic mass is 10.1. The molecular formula is C11H21N3OS. The van der Waals surface area contributed by atoms with Gasteiger partial charge in [-0.2, -0.15) is 16.7 Å². The minimum Gasteiger partial charge on any atom is -0.338 e. The molecule has 1 aromatic rings. The first-order chi connectivity index (χ1) is 7.51. The van der Waals surface area contributed by atoms with Gasteiger partial charge < -0.3 is 10.3 Å². The van der Waals surface area contributed by atoms with Crippen LogP contribution >= 0.6 is 11.8 Å². The lowest BCUT2D eigenvalue weighted by Gasteiger charge is -2.16. The number of nitrogens with two attached hydrogens (primary N) is 1. The first-order valence-corrected chi connectivity index (χ1v) is 6.85. The molecule has 5 heteroatoms. The summed E-state index contributed by atoms with van der Waals surface area (Å²) in [6, 6.07) is 0. The van der Waals surface area contributed by atoms with Crippen molar-refractivity contribution in [3.8, 4) is 0 Å². The van der Waals surface area contributed by atoms with E-state index in [4.69, 9.17) is 10.3 Å². The highest BCUT2D eigenvalue weighted by molar-refractivity contribution is 7.98. The lowest BCUT2D eigenvalue weighted by Crippen LogP contribution is -2.34. The summed E-state index contributed by atoms with van der Waals surface area (Å²) in [4.78, 5) is 4.33. The molecule has 0 atom stereocenters. The van der Waals surface area contributed by atoms with Crippen molar-refractivity contribution in [1.82, 2.24) is 10.1 Å². The van der Waals surface area contributed by atoms with Crippen molar-refractivity contribution >= 4 is 11.8 Å². The highest BCUT2D eigenvalue weighted by Gasteiger charge is 2.12. The van der Waals surface area contributed by atoms with Gasteiger partial charge in [-0.15, -0.1) is 0 Å². The van der Waals surface area contributed by atoms with Crippen LogP contribution in [-0.2, 0) is 12.2 Å². The fourth-order valence-corrected chi connectivity index (χ4v) is 2.11. The van der Waals surface area contributed by atoms with Crippen molar-refractivity contribution in [3.63, 3.8) is 0 Å². The van der Waals surface area contributed by atoms with Gasteiger partial charge >= 0.3 is 0 Å². The van der Waals surface area contributed by atoms with Gasteiger partial charge in [0, 0.05) is 17.7 Å². The lowest BCUT2D eigenvalue weighted by molar-refractivity contribution is 0.384. The number of hydrogen-bond donors (Lipinski definition) is 1. The van der Waals surface area contributed by atoms with E-state index in [1.807, 2.05) is 13.8 Å². The Bertz CT molecular complexity index is 306. The van der Waals surface area contributed by atoms with E-state index in [0.29, 0.717) is 5.89 Å². The summed E-state index contributed by atoms with van der Waals surface area (Å²) in [5, 5.41) is 3.94. The van der Waals surface area contributed by atoms with Gasteiger partial charge in [0.15, 0.2) is 5.82 Å². The van der Waals surface area contributed by atoms with Crippen LogP contribution < -0.4 is 5.73 Å². The fourth-order valence-electron chi connectivity index (χ4n) is 1.19. The first-order valence-electron chi connectivity index (χ1n) is 5.69. The molecule has 0 aliphatic heterocycles. The summed E-state index contributed by atoms with van der Waals surface area (Å²) in [6.45, 7) is 6.18. The number of rotatable bonds is 7. The van der Waals surface area contributed by atoms with Gasteiger partial charge in [-0.25, -0.2) is 0 Å². The molecule has 0 radical (unpaired) electrons. The molecule has 1 aromatic heterocycles. The van der Waals surface area contributed by atoms with Crippen LogP contribution in [0.25, 0.3) is 0 Å². The Balaban J connectivity index is 2.29. The predicted octanol–water partition coefficient (Wildman–Crippen LogP) is 2.38. The molecule has 0 amide bonds. The molecule has 0 saturated carbocycles. The van der Waals surface area contributed by atoms with Crippen molar-refractivity contribution in [2.24, 2.45) is 5.73 Å². The molecular weight excluding hydrogens is 222 g/mol. The third-order valence-electron chi connectivity index (χ3n) is 1.96. The number of aryl methyl sites for hydroxylation is 1. The molecule has 0 fully saturated rings. The van der Waals surface area contributed by atoms with Crippen LogP contribution in [0.15, 0.2) is 4.52 Å². The molecule has 0 aliphatic rings. The standard InChI is InChI=1S/C11H21N3OS/c1-4-5-6-9-13-10(15-14-9)7-16-8-11(2,3)12/h4-8,12H2,1-3H3. The summed E-state index contributed by atoms with van der Waals surface area (Å²) in [6.07, 6.45) is 3.18. The maximum Gasteiger partial charge on any atom is 0.236 e. The van der Waals surface area contributed by atoms with Crippen molar-refractivity contribution < 1.29 is 4.52 Å². The molecule has 16 heavy (non-hydrogen) atoms. The Morgan fingerprint density at radius 2 is 2.19 bits per heavy atom. The molecule has 1 heterocycles. The zero-order valence-electron chi connectivity index (χ0n) is 10.3. The molecule has 0 unspecified atom stereocenters. The molecule has 1 rings (SSSR count). The van der Waals surface area contributed by atoms with Crippen molar-refractivity contribution in [2.75, 3.05) is 5.75 Å². The average Bonchev–Trinajstić information content (AvgIpc) is 2.61. The van der Waals surface area contributed by atoms with Crippen LogP contribution in [0.1, 0.15) is 45.3 Å². The zero-order chi connectivity index (χ0) is 12.0. The summed E-state index contributed by atoms with van der Waals surface area (Å²) in [5.41, 5.74) is 5.74. The van der Waals surface area contributed by atoms with Crippen molar-refractivity contribution in [2.45, 2.75) is 51.3 Å². The van der Waals surface area contributed by atoms with E-state index in [-0.39, 0.29) is 5.54 Å². The maximum absolute atomic E-state index is 5.88. The SMILES string of the molecule is CCCCc1noc(CSCC(C)(C)N)n1. The van der Waals surface area contributed by atoms with Crippen LogP contribution in [0.3, 0.4) is 0 Å². The van der Waals surface area contributed by atoms with Gasteiger partial charge in [-0.05, 0) is 20.3 Å². The first kappa shape index (κ1) is 13.5. The van der Waals surface area contributed by atoms with E-state index in [0.717, 1.165) is 36.6 Å². The monoisotopic (exact) mass is 243 g/mol. The molecule has 0 aliphatic carbocycles. The van der Waals surface area contributed by atoms with Crippen molar-refractivity contribution in [3.05, 3.63) is 11.7 Å². The van der Waals surface area contributed by atoms with E-state index >= 15 is 0 Å². The Hall–Kier alpha value is -0.550. The van der Waals surface area contributed by atoms with Gasteiger partial charge in [0.1, 0.15) is 0 Å². The van der Waals surface area contributed by atoms with Crippen LogP contribution in [0, 0.1) is 0 Å².